The van der Waals surface area contributed by atoms with E-state index >= 15 is 0 Å². The lowest BCUT2D eigenvalue weighted by molar-refractivity contribution is -0.136. The van der Waals surface area contributed by atoms with Gasteiger partial charge >= 0.3 is 5.97 Å². The van der Waals surface area contributed by atoms with E-state index in [4.69, 9.17) is 0 Å². The fourth-order valence-electron chi connectivity index (χ4n) is 3.16. The van der Waals surface area contributed by atoms with Gasteiger partial charge in [0.2, 0.25) is 0 Å². The van der Waals surface area contributed by atoms with Gasteiger partial charge in [-0.2, -0.15) is 0 Å². The molecule has 0 saturated heterocycles. The first-order valence-electron chi connectivity index (χ1n) is 9.72. The Balaban J connectivity index is 1.93. The fraction of sp³-hybridized carbons (Fsp3) is 0.500. The Hall–Kier alpha value is -1.66. The highest BCUT2D eigenvalue weighted by atomic mass is 32.2. The highest BCUT2D eigenvalue weighted by Crippen LogP contribution is 2.26. The minimum Gasteiger partial charge on any atom is -0.480 e. The Morgan fingerprint density at radius 3 is 2.21 bits per heavy atom. The second kappa shape index (κ2) is 9.70. The number of benzene rings is 1. The maximum atomic E-state index is 12.8. The second-order valence-electron chi connectivity index (χ2n) is 8.18. The van der Waals surface area contributed by atoms with Crippen molar-refractivity contribution in [1.29, 1.82) is 0 Å². The predicted molar refractivity (Wildman–Crippen MR) is 115 cm³/mol. The molecule has 2 rings (SSSR count). The number of carboxylic acids is 1. The fourth-order valence-corrected chi connectivity index (χ4v) is 5.50. The molecule has 1 aromatic carbocycles. The minimum absolute atomic E-state index is 0.0857. The summed E-state index contributed by atoms with van der Waals surface area (Å²) in [6, 6.07) is 10.8. The van der Waals surface area contributed by atoms with Crippen molar-refractivity contribution in [3.63, 3.8) is 0 Å². The maximum absolute atomic E-state index is 12.8. The van der Waals surface area contributed by atoms with E-state index in [1.54, 1.807) is 23.5 Å². The average Bonchev–Trinajstić information content (AvgIpc) is 3.13. The third-order valence-corrected chi connectivity index (χ3v) is 7.97. The van der Waals surface area contributed by atoms with E-state index in [1.807, 2.05) is 6.07 Å². The number of carboxylic acid groups (broad SMARTS) is 1. The first-order chi connectivity index (χ1) is 13.1. The predicted octanol–water partition coefficient (Wildman–Crippen LogP) is 5.47. The van der Waals surface area contributed by atoms with Crippen molar-refractivity contribution in [3.05, 3.63) is 52.2 Å². The van der Waals surface area contributed by atoms with Gasteiger partial charge in [-0.3, -0.25) is 4.79 Å². The van der Waals surface area contributed by atoms with Gasteiger partial charge in [-0.1, -0.05) is 58.2 Å². The lowest BCUT2D eigenvalue weighted by Crippen LogP contribution is -2.30. The van der Waals surface area contributed by atoms with Gasteiger partial charge in [0.1, 0.15) is 0 Å². The third kappa shape index (κ3) is 6.17. The molecule has 4 nitrogen and oxygen atoms in total. The number of carbonyl (C=O) groups is 1. The zero-order chi connectivity index (χ0) is 20.8. The van der Waals surface area contributed by atoms with Gasteiger partial charge in [-0.15, -0.1) is 11.3 Å². The molecule has 0 amide bonds. The zero-order valence-corrected chi connectivity index (χ0v) is 18.5. The van der Waals surface area contributed by atoms with E-state index in [1.165, 1.54) is 17.0 Å². The topological polar surface area (TPSA) is 71.4 Å². The van der Waals surface area contributed by atoms with Gasteiger partial charge in [0.05, 0.1) is 4.90 Å². The monoisotopic (exact) mass is 422 g/mol. The lowest BCUT2D eigenvalue weighted by atomic mass is 9.87. The Kier molecular flexibility index (Phi) is 7.84. The van der Waals surface area contributed by atoms with Crippen molar-refractivity contribution in [2.24, 2.45) is 0 Å². The normalized spacial score (nSPS) is 13.4. The van der Waals surface area contributed by atoms with Gasteiger partial charge in [0.15, 0.2) is 15.1 Å². The lowest BCUT2D eigenvalue weighted by Gasteiger charge is -2.20. The van der Waals surface area contributed by atoms with Crippen LogP contribution in [0.2, 0.25) is 0 Å². The van der Waals surface area contributed by atoms with Crippen LogP contribution in [0.4, 0.5) is 0 Å². The number of aliphatic carboxylic acids is 1. The summed E-state index contributed by atoms with van der Waals surface area (Å²) in [5, 5.41) is 10.2. The van der Waals surface area contributed by atoms with Crippen molar-refractivity contribution in [2.75, 3.05) is 0 Å². The Labute approximate surface area is 172 Å². The molecule has 1 heterocycles. The van der Waals surface area contributed by atoms with E-state index in [0.29, 0.717) is 6.42 Å². The molecule has 0 aliphatic carbocycles. The SMILES string of the molecule is CC(C)(C)c1ccc(S(=O)(=O)C(CCCCCCc2cccs2)C(=O)O)cc1. The summed E-state index contributed by atoms with van der Waals surface area (Å²) >= 11 is 1.74. The molecule has 0 saturated carbocycles. The third-order valence-electron chi connectivity index (χ3n) is 4.92. The number of thiophene rings is 1. The average molecular weight is 423 g/mol. The van der Waals surface area contributed by atoms with Crippen LogP contribution in [-0.4, -0.2) is 24.7 Å². The summed E-state index contributed by atoms with van der Waals surface area (Å²) in [5.41, 5.74) is 0.932. The van der Waals surface area contributed by atoms with E-state index in [2.05, 4.69) is 32.2 Å². The number of aryl methyl sites for hydroxylation is 1. The number of hydrogen-bond acceptors (Lipinski definition) is 4. The number of rotatable bonds is 10. The first-order valence-corrected chi connectivity index (χ1v) is 12.1. The largest absolute Gasteiger partial charge is 0.480 e. The molecule has 0 aliphatic rings. The van der Waals surface area contributed by atoms with Gasteiger partial charge in [0, 0.05) is 4.88 Å². The van der Waals surface area contributed by atoms with Gasteiger partial charge in [-0.25, -0.2) is 8.42 Å². The summed E-state index contributed by atoms with van der Waals surface area (Å²) in [6.45, 7) is 6.15. The van der Waals surface area contributed by atoms with Gasteiger partial charge < -0.3 is 5.11 Å². The smallest absolute Gasteiger partial charge is 0.322 e. The van der Waals surface area contributed by atoms with Crippen LogP contribution in [0.5, 0.6) is 0 Å². The highest BCUT2D eigenvalue weighted by Gasteiger charge is 2.33. The van der Waals surface area contributed by atoms with E-state index in [0.717, 1.165) is 31.2 Å². The van der Waals surface area contributed by atoms with Gasteiger partial charge in [-0.05, 0) is 53.8 Å². The standard InChI is InChI=1S/C22H30O4S2/c1-22(2,3)17-12-14-19(15-13-17)28(25,26)20(21(23)24)11-7-5-4-6-9-18-10-8-16-27-18/h8,10,12-16,20H,4-7,9,11H2,1-3H3,(H,23,24). The van der Waals surface area contributed by atoms with Crippen LogP contribution in [0.15, 0.2) is 46.7 Å². The molecule has 0 spiro atoms. The van der Waals surface area contributed by atoms with Crippen molar-refractivity contribution >= 4 is 27.1 Å². The quantitative estimate of drug-likeness (QED) is 0.516. The molecule has 1 atom stereocenters. The second-order valence-corrected chi connectivity index (χ2v) is 11.3. The van der Waals surface area contributed by atoms with Crippen LogP contribution in [0.1, 0.15) is 63.3 Å². The molecule has 1 aromatic heterocycles. The molecular weight excluding hydrogens is 392 g/mol. The van der Waals surface area contributed by atoms with Gasteiger partial charge in [0.25, 0.3) is 0 Å². The first kappa shape index (κ1) is 22.6. The molecule has 0 aliphatic heterocycles. The minimum atomic E-state index is -3.89. The summed E-state index contributed by atoms with van der Waals surface area (Å²) < 4.78 is 25.7. The van der Waals surface area contributed by atoms with Crippen LogP contribution in [0.25, 0.3) is 0 Å². The van der Waals surface area contributed by atoms with Crippen LogP contribution in [-0.2, 0) is 26.5 Å². The Morgan fingerprint density at radius 2 is 1.68 bits per heavy atom. The van der Waals surface area contributed by atoms with Crippen molar-refractivity contribution in [3.8, 4) is 0 Å². The summed E-state index contributed by atoms with van der Waals surface area (Å²) in [7, 11) is -3.89. The van der Waals surface area contributed by atoms with E-state index < -0.39 is 21.1 Å². The molecule has 1 N–H and O–H groups in total. The maximum Gasteiger partial charge on any atom is 0.322 e. The molecule has 0 bridgehead atoms. The molecule has 0 fully saturated rings. The molecule has 1 unspecified atom stereocenters. The molecule has 2 aromatic rings. The Morgan fingerprint density at radius 1 is 1.04 bits per heavy atom. The molecule has 28 heavy (non-hydrogen) atoms. The van der Waals surface area contributed by atoms with Crippen LogP contribution in [0, 0.1) is 0 Å². The van der Waals surface area contributed by atoms with Crippen molar-refractivity contribution < 1.29 is 18.3 Å². The number of unbranched alkanes of at least 4 members (excludes halogenated alkanes) is 3. The molecule has 0 radical (unpaired) electrons. The molecule has 154 valence electrons. The van der Waals surface area contributed by atoms with Crippen LogP contribution < -0.4 is 0 Å². The zero-order valence-electron chi connectivity index (χ0n) is 16.8. The van der Waals surface area contributed by atoms with Crippen molar-refractivity contribution in [1.82, 2.24) is 0 Å². The number of hydrogen-bond donors (Lipinski definition) is 1. The van der Waals surface area contributed by atoms with E-state index in [9.17, 15) is 18.3 Å². The van der Waals surface area contributed by atoms with E-state index in [-0.39, 0.29) is 16.7 Å². The molecule has 6 heteroatoms. The summed E-state index contributed by atoms with van der Waals surface area (Å²) in [4.78, 5) is 13.1. The Bertz CT molecular complexity index is 845. The summed E-state index contributed by atoms with van der Waals surface area (Å²) in [5.74, 6) is -1.27. The van der Waals surface area contributed by atoms with Crippen LogP contribution in [0.3, 0.4) is 0 Å². The number of sulfone groups is 1. The van der Waals surface area contributed by atoms with Crippen LogP contribution >= 0.6 is 11.3 Å². The highest BCUT2D eigenvalue weighted by molar-refractivity contribution is 7.92. The summed E-state index contributed by atoms with van der Waals surface area (Å²) in [6.07, 6.45) is 4.63. The van der Waals surface area contributed by atoms with Crippen molar-refractivity contribution in [2.45, 2.75) is 74.9 Å². The molecular formula is C22H30O4S2.